The topological polar surface area (TPSA) is 42.4 Å². The molecular weight excluding hydrogens is 611 g/mol. The zero-order chi connectivity index (χ0) is 33.8. The Morgan fingerprint density at radius 1 is 0.500 bits per heavy atom. The maximum absolute atomic E-state index is 10.3. The van der Waals surface area contributed by atoms with E-state index in [-0.39, 0.29) is 0 Å². The van der Waals surface area contributed by atoms with Crippen molar-refractivity contribution >= 4 is 55.0 Å². The summed E-state index contributed by atoms with van der Waals surface area (Å²) in [5.41, 5.74) is 11.7. The third kappa shape index (κ3) is 4.31. The molecule has 50 heavy (non-hydrogen) atoms. The second kappa shape index (κ2) is 11.4. The van der Waals surface area contributed by atoms with E-state index < -0.39 is 0 Å². The number of hydrogen-bond acceptors (Lipinski definition) is 1. The number of nitrogens with zero attached hydrogens (tertiary/aromatic N) is 5. The van der Waals surface area contributed by atoms with Crippen molar-refractivity contribution in [3.05, 3.63) is 180 Å². The van der Waals surface area contributed by atoms with Crippen LogP contribution < -0.4 is 0 Å². The molecule has 230 valence electrons. The minimum Gasteiger partial charge on any atom is -0.311 e. The van der Waals surface area contributed by atoms with Crippen LogP contribution in [-0.2, 0) is 0 Å². The molecule has 0 N–H and O–H groups in total. The van der Waals surface area contributed by atoms with E-state index in [1.165, 1.54) is 10.8 Å². The van der Waals surface area contributed by atoms with E-state index in [0.717, 1.165) is 66.5 Å². The van der Waals surface area contributed by atoms with Gasteiger partial charge in [0.15, 0.2) is 11.4 Å². The number of hydrogen-bond donors (Lipinski definition) is 0. The van der Waals surface area contributed by atoms with Crippen molar-refractivity contribution in [1.29, 1.82) is 5.26 Å². The van der Waals surface area contributed by atoms with Crippen molar-refractivity contribution in [1.82, 2.24) is 9.13 Å². The molecule has 0 radical (unpaired) electrons. The van der Waals surface area contributed by atoms with Crippen LogP contribution in [0, 0.1) is 24.5 Å². The van der Waals surface area contributed by atoms with Crippen molar-refractivity contribution < 1.29 is 0 Å². The zero-order valence-corrected chi connectivity index (χ0v) is 26.7. The fourth-order valence-corrected chi connectivity index (χ4v) is 7.44. The predicted octanol–water partition coefficient (Wildman–Crippen LogP) is 12.2. The summed E-state index contributed by atoms with van der Waals surface area (Å²) < 4.78 is 4.44. The fourth-order valence-electron chi connectivity index (χ4n) is 7.44. The van der Waals surface area contributed by atoms with Crippen LogP contribution in [0.15, 0.2) is 152 Å². The Bertz CT molecular complexity index is 2900. The lowest BCUT2D eigenvalue weighted by Crippen LogP contribution is -1.99. The highest BCUT2D eigenvalue weighted by Gasteiger charge is 2.19. The number of rotatable bonds is 4. The summed E-state index contributed by atoms with van der Waals surface area (Å²) in [6, 6.07) is 53.5. The van der Waals surface area contributed by atoms with Crippen LogP contribution in [-0.4, -0.2) is 9.13 Å². The highest BCUT2D eigenvalue weighted by molar-refractivity contribution is 6.16. The molecule has 5 heteroatoms. The minimum absolute atomic E-state index is 0.546. The molecule has 0 bridgehead atoms. The lowest BCUT2D eigenvalue weighted by atomic mass is 9.95. The summed E-state index contributed by atoms with van der Waals surface area (Å²) in [6.45, 7) is 15.4. The molecule has 0 amide bonds. The zero-order valence-electron chi connectivity index (χ0n) is 26.7. The van der Waals surface area contributed by atoms with Gasteiger partial charge in [-0.1, -0.05) is 97.1 Å². The minimum atomic E-state index is 0.546. The molecule has 0 saturated carbocycles. The SMILES string of the molecule is [C-]#[N+]c1ccc2c(c1)c1c([N+]#[C-])cccc1n2-c1cccc(-c2ccc(-c3c(C#N)cccc3-n3c4ccccc4c4ccccc43)cc2)c1. The van der Waals surface area contributed by atoms with Crippen LogP contribution in [0.5, 0.6) is 0 Å². The van der Waals surface area contributed by atoms with Crippen molar-refractivity contribution in [3.63, 3.8) is 0 Å². The molecule has 9 rings (SSSR count). The Morgan fingerprint density at radius 3 is 1.88 bits per heavy atom. The largest absolute Gasteiger partial charge is 0.311 e. The average Bonchev–Trinajstić information content (AvgIpc) is 3.70. The average molecular weight is 636 g/mol. The first kappa shape index (κ1) is 28.8. The monoisotopic (exact) mass is 635 g/mol. The Hall–Kier alpha value is -7.39. The predicted molar refractivity (Wildman–Crippen MR) is 203 cm³/mol. The lowest BCUT2D eigenvalue weighted by Gasteiger charge is -2.16. The Balaban J connectivity index is 1.18. The summed E-state index contributed by atoms with van der Waals surface area (Å²) in [5, 5.41) is 14.4. The van der Waals surface area contributed by atoms with E-state index in [2.05, 4.69) is 122 Å². The van der Waals surface area contributed by atoms with E-state index in [1.54, 1.807) is 0 Å². The van der Waals surface area contributed by atoms with Gasteiger partial charge in [-0.15, -0.1) is 0 Å². The molecule has 0 unspecified atom stereocenters. The van der Waals surface area contributed by atoms with Gasteiger partial charge in [0, 0.05) is 32.9 Å². The van der Waals surface area contributed by atoms with E-state index in [1.807, 2.05) is 54.6 Å². The van der Waals surface area contributed by atoms with Crippen LogP contribution in [0.4, 0.5) is 11.4 Å². The first-order valence-corrected chi connectivity index (χ1v) is 16.2. The first-order chi connectivity index (χ1) is 24.7. The van der Waals surface area contributed by atoms with Gasteiger partial charge in [0.25, 0.3) is 0 Å². The lowest BCUT2D eigenvalue weighted by molar-refractivity contribution is 1.18. The summed E-state index contributed by atoms with van der Waals surface area (Å²) in [7, 11) is 0. The normalized spacial score (nSPS) is 11.1. The number of para-hydroxylation sites is 2. The van der Waals surface area contributed by atoms with Gasteiger partial charge in [-0.3, -0.25) is 0 Å². The van der Waals surface area contributed by atoms with Gasteiger partial charge < -0.3 is 9.13 Å². The van der Waals surface area contributed by atoms with Crippen molar-refractivity contribution in [2.75, 3.05) is 0 Å². The standard InChI is InChI=1S/C45H25N5/c1-47-33-24-25-41-37(27-33)45-38(48-2)15-9-19-43(45)49(41)34-12-7-10-31(26-34)29-20-22-30(23-21-29)44-32(28-46)11-8-18-42(44)50-39-16-5-3-13-35(39)36-14-4-6-17-40(36)50/h3-27H. The second-order valence-electron chi connectivity index (χ2n) is 12.2. The molecule has 0 spiro atoms. The Kier molecular flexibility index (Phi) is 6.56. The van der Waals surface area contributed by atoms with Crippen LogP contribution in [0.25, 0.3) is 86.9 Å². The molecule has 5 nitrogen and oxygen atoms in total. The van der Waals surface area contributed by atoms with Gasteiger partial charge in [0.2, 0.25) is 0 Å². The van der Waals surface area contributed by atoms with Gasteiger partial charge in [-0.2, -0.15) is 5.26 Å². The maximum Gasteiger partial charge on any atom is 0.197 e. The maximum atomic E-state index is 10.3. The molecule has 0 aliphatic heterocycles. The Morgan fingerprint density at radius 2 is 1.16 bits per heavy atom. The molecule has 0 aliphatic rings. The van der Waals surface area contributed by atoms with Crippen LogP contribution in [0.2, 0.25) is 0 Å². The first-order valence-electron chi connectivity index (χ1n) is 16.2. The van der Waals surface area contributed by atoms with Crippen LogP contribution >= 0.6 is 0 Å². The Labute approximate surface area is 288 Å². The molecule has 2 heterocycles. The van der Waals surface area contributed by atoms with Crippen molar-refractivity contribution in [3.8, 4) is 39.7 Å². The van der Waals surface area contributed by atoms with Gasteiger partial charge in [0.05, 0.1) is 47.0 Å². The number of fused-ring (bicyclic) bond motifs is 6. The van der Waals surface area contributed by atoms with Gasteiger partial charge >= 0.3 is 0 Å². The molecule has 9 aromatic rings. The molecule has 0 saturated heterocycles. The van der Waals surface area contributed by atoms with Gasteiger partial charge in [0.1, 0.15) is 0 Å². The highest BCUT2D eigenvalue weighted by atomic mass is 15.0. The molecule has 0 aliphatic carbocycles. The summed E-state index contributed by atoms with van der Waals surface area (Å²) in [4.78, 5) is 7.46. The summed E-state index contributed by atoms with van der Waals surface area (Å²) in [5.74, 6) is 0. The summed E-state index contributed by atoms with van der Waals surface area (Å²) in [6.07, 6.45) is 0. The second-order valence-corrected chi connectivity index (χ2v) is 12.2. The molecule has 0 fully saturated rings. The third-order valence-corrected chi connectivity index (χ3v) is 9.60. The fraction of sp³-hybridized carbons (Fsp3) is 0. The highest BCUT2D eigenvalue weighted by Crippen LogP contribution is 2.41. The number of benzene rings is 7. The van der Waals surface area contributed by atoms with E-state index >= 15 is 0 Å². The van der Waals surface area contributed by atoms with E-state index in [0.29, 0.717) is 16.9 Å². The third-order valence-electron chi connectivity index (χ3n) is 9.60. The number of aromatic nitrogens is 2. The molecule has 2 aromatic heterocycles. The smallest absolute Gasteiger partial charge is 0.197 e. The van der Waals surface area contributed by atoms with Gasteiger partial charge in [-0.25, -0.2) is 9.69 Å². The number of nitriles is 1. The van der Waals surface area contributed by atoms with E-state index in [4.69, 9.17) is 13.1 Å². The van der Waals surface area contributed by atoms with Crippen molar-refractivity contribution in [2.24, 2.45) is 0 Å². The molecule has 7 aromatic carbocycles. The van der Waals surface area contributed by atoms with E-state index in [9.17, 15) is 5.26 Å². The van der Waals surface area contributed by atoms with Gasteiger partial charge in [-0.05, 0) is 76.7 Å². The molecule has 0 atom stereocenters. The van der Waals surface area contributed by atoms with Crippen molar-refractivity contribution in [2.45, 2.75) is 0 Å². The van der Waals surface area contributed by atoms with Crippen LogP contribution in [0.3, 0.4) is 0 Å². The molecular formula is C45H25N5. The van der Waals surface area contributed by atoms with Crippen LogP contribution in [0.1, 0.15) is 5.56 Å². The quantitative estimate of drug-likeness (QED) is 0.177. The summed E-state index contributed by atoms with van der Waals surface area (Å²) >= 11 is 0.